The molecule has 0 spiro atoms. The highest BCUT2D eigenvalue weighted by molar-refractivity contribution is 5.96. The normalized spacial score (nSPS) is 28.1. The zero-order chi connectivity index (χ0) is 18.1. The van der Waals surface area contributed by atoms with Crippen LogP contribution in [0.3, 0.4) is 0 Å². The number of pyridine rings is 1. The Labute approximate surface area is 154 Å². The third kappa shape index (κ3) is 3.47. The Balaban J connectivity index is 1.31. The second-order valence-electron chi connectivity index (χ2n) is 8.01. The first-order valence-electron chi connectivity index (χ1n) is 9.89. The molecule has 6 heteroatoms. The number of rotatable bonds is 4. The van der Waals surface area contributed by atoms with Crippen molar-refractivity contribution in [3.8, 4) is 0 Å². The minimum absolute atomic E-state index is 0.0104. The van der Waals surface area contributed by atoms with Gasteiger partial charge in [-0.2, -0.15) is 0 Å². The van der Waals surface area contributed by atoms with Crippen molar-refractivity contribution in [3.63, 3.8) is 0 Å². The molecule has 26 heavy (non-hydrogen) atoms. The predicted octanol–water partition coefficient (Wildman–Crippen LogP) is 1.43. The van der Waals surface area contributed by atoms with E-state index in [2.05, 4.69) is 20.5 Å². The predicted molar refractivity (Wildman–Crippen MR) is 98.9 cm³/mol. The number of nitrogens with zero attached hydrogens (tertiary/aromatic N) is 2. The van der Waals surface area contributed by atoms with Crippen LogP contribution in [0.2, 0.25) is 0 Å². The third-order valence-electron chi connectivity index (χ3n) is 6.20. The number of nitrogens with one attached hydrogen (secondary N) is 2. The van der Waals surface area contributed by atoms with Crippen molar-refractivity contribution < 1.29 is 9.59 Å². The number of fused-ring (bicyclic) bond motifs is 1. The smallest absolute Gasteiger partial charge is 0.253 e. The van der Waals surface area contributed by atoms with Crippen molar-refractivity contribution in [2.24, 2.45) is 0 Å². The van der Waals surface area contributed by atoms with E-state index >= 15 is 0 Å². The Kier molecular flexibility index (Phi) is 4.94. The largest absolute Gasteiger partial charge is 0.352 e. The number of likely N-dealkylation sites (tertiary alicyclic amines) is 1. The van der Waals surface area contributed by atoms with Gasteiger partial charge in [-0.3, -0.25) is 19.5 Å². The standard InChI is InChI=1S/C20H28N4O2/c1-24-9-3-6-18(24)20(26)23-15-8-7-14(10-15)22-19(25)17-12-21-11-13-4-2-5-16(13)17/h11-12,14-15,18H,2-10H2,1H3,(H,22,25)(H,23,26)/t14-,15+,18-/m0/s1. The molecule has 2 N–H and O–H groups in total. The fourth-order valence-corrected chi connectivity index (χ4v) is 4.74. The molecule has 0 radical (unpaired) electrons. The first-order chi connectivity index (χ1) is 12.6. The summed E-state index contributed by atoms with van der Waals surface area (Å²) in [6.07, 6.45) is 11.4. The maximum atomic E-state index is 12.7. The summed E-state index contributed by atoms with van der Waals surface area (Å²) >= 11 is 0. The minimum Gasteiger partial charge on any atom is -0.352 e. The van der Waals surface area contributed by atoms with E-state index in [9.17, 15) is 9.59 Å². The average molecular weight is 356 g/mol. The lowest BCUT2D eigenvalue weighted by molar-refractivity contribution is -0.125. The molecule has 1 aliphatic heterocycles. The van der Waals surface area contributed by atoms with E-state index < -0.39 is 0 Å². The quantitative estimate of drug-likeness (QED) is 0.856. The molecule has 1 saturated heterocycles. The first-order valence-corrected chi connectivity index (χ1v) is 9.89. The minimum atomic E-state index is -0.0104. The van der Waals surface area contributed by atoms with Crippen molar-refractivity contribution in [2.75, 3.05) is 13.6 Å². The van der Waals surface area contributed by atoms with E-state index in [0.29, 0.717) is 0 Å². The Hall–Kier alpha value is -1.95. The van der Waals surface area contributed by atoms with Gasteiger partial charge >= 0.3 is 0 Å². The summed E-state index contributed by atoms with van der Waals surface area (Å²) < 4.78 is 0. The summed E-state index contributed by atoms with van der Waals surface area (Å²) in [6.45, 7) is 0.997. The van der Waals surface area contributed by atoms with Crippen LogP contribution in [-0.2, 0) is 17.6 Å². The number of amides is 2. The van der Waals surface area contributed by atoms with E-state index in [1.165, 1.54) is 11.1 Å². The second-order valence-corrected chi connectivity index (χ2v) is 8.01. The molecule has 1 aromatic rings. The molecule has 0 bridgehead atoms. The molecular formula is C20H28N4O2. The van der Waals surface area contributed by atoms with Crippen LogP contribution >= 0.6 is 0 Å². The first kappa shape index (κ1) is 17.5. The second kappa shape index (κ2) is 7.35. The summed E-state index contributed by atoms with van der Waals surface area (Å²) in [6, 6.07) is 0.314. The van der Waals surface area contributed by atoms with Crippen LogP contribution in [0.5, 0.6) is 0 Å². The van der Waals surface area contributed by atoms with Gasteiger partial charge in [0, 0.05) is 24.5 Å². The zero-order valence-corrected chi connectivity index (χ0v) is 15.5. The van der Waals surface area contributed by atoms with Crippen LogP contribution in [-0.4, -0.2) is 53.4 Å². The monoisotopic (exact) mass is 356 g/mol. The number of hydrogen-bond acceptors (Lipinski definition) is 4. The highest BCUT2D eigenvalue weighted by Crippen LogP contribution is 2.25. The van der Waals surface area contributed by atoms with Gasteiger partial charge in [0.2, 0.25) is 5.91 Å². The average Bonchev–Trinajstić information content (AvgIpc) is 3.35. The van der Waals surface area contributed by atoms with E-state index in [1.807, 2.05) is 13.2 Å². The molecule has 2 aliphatic carbocycles. The number of aromatic nitrogens is 1. The Morgan fingerprint density at radius 2 is 1.88 bits per heavy atom. The summed E-state index contributed by atoms with van der Waals surface area (Å²) in [7, 11) is 2.02. The van der Waals surface area contributed by atoms with Gasteiger partial charge in [0.1, 0.15) is 0 Å². The van der Waals surface area contributed by atoms with Crippen molar-refractivity contribution in [1.82, 2.24) is 20.5 Å². The lowest BCUT2D eigenvalue weighted by Crippen LogP contribution is -2.45. The third-order valence-corrected chi connectivity index (χ3v) is 6.20. The summed E-state index contributed by atoms with van der Waals surface area (Å²) in [5, 5.41) is 6.36. The molecule has 3 atom stereocenters. The molecule has 140 valence electrons. The van der Waals surface area contributed by atoms with Gasteiger partial charge in [-0.1, -0.05) is 0 Å². The van der Waals surface area contributed by atoms with Crippen LogP contribution in [0.4, 0.5) is 0 Å². The van der Waals surface area contributed by atoms with E-state index in [1.54, 1.807) is 6.20 Å². The number of carbonyl (C=O) groups excluding carboxylic acids is 2. The summed E-state index contributed by atoms with van der Waals surface area (Å²) in [5.41, 5.74) is 3.12. The van der Waals surface area contributed by atoms with E-state index in [0.717, 1.165) is 63.5 Å². The van der Waals surface area contributed by atoms with E-state index in [-0.39, 0.29) is 29.9 Å². The molecule has 2 fully saturated rings. The van der Waals surface area contributed by atoms with Gasteiger partial charge in [-0.15, -0.1) is 0 Å². The zero-order valence-electron chi connectivity index (χ0n) is 15.5. The molecule has 0 aromatic carbocycles. The van der Waals surface area contributed by atoms with Crippen LogP contribution in [0, 0.1) is 0 Å². The molecule has 2 heterocycles. The van der Waals surface area contributed by atoms with Crippen LogP contribution in [0.15, 0.2) is 12.4 Å². The highest BCUT2D eigenvalue weighted by Gasteiger charge is 2.32. The number of carbonyl (C=O) groups is 2. The van der Waals surface area contributed by atoms with Crippen LogP contribution in [0.25, 0.3) is 0 Å². The SMILES string of the molecule is CN1CCC[C@H]1C(=O)N[C@@H]1CC[C@H](NC(=O)c2cncc3c2CCC3)C1. The van der Waals surface area contributed by atoms with Crippen LogP contribution in [0.1, 0.15) is 60.0 Å². The van der Waals surface area contributed by atoms with Crippen LogP contribution < -0.4 is 10.6 Å². The highest BCUT2D eigenvalue weighted by atomic mass is 16.2. The van der Waals surface area contributed by atoms with Crippen molar-refractivity contribution >= 4 is 11.8 Å². The maximum absolute atomic E-state index is 12.7. The van der Waals surface area contributed by atoms with Gasteiger partial charge in [0.05, 0.1) is 11.6 Å². The fourth-order valence-electron chi connectivity index (χ4n) is 4.74. The summed E-state index contributed by atoms with van der Waals surface area (Å²) in [5.74, 6) is 0.135. The molecule has 0 unspecified atom stereocenters. The molecule has 4 rings (SSSR count). The Morgan fingerprint density at radius 3 is 2.65 bits per heavy atom. The molecule has 3 aliphatic rings. The van der Waals surface area contributed by atoms with Gasteiger partial charge in [0.25, 0.3) is 5.91 Å². The van der Waals surface area contributed by atoms with E-state index in [4.69, 9.17) is 0 Å². The van der Waals surface area contributed by atoms with Gasteiger partial charge < -0.3 is 10.6 Å². The maximum Gasteiger partial charge on any atom is 0.253 e. The number of aryl methyl sites for hydroxylation is 1. The fraction of sp³-hybridized carbons (Fsp3) is 0.650. The van der Waals surface area contributed by atoms with Crippen molar-refractivity contribution in [3.05, 3.63) is 29.1 Å². The number of hydrogen-bond donors (Lipinski definition) is 2. The van der Waals surface area contributed by atoms with Gasteiger partial charge in [0.15, 0.2) is 0 Å². The molecule has 1 aromatic heterocycles. The topological polar surface area (TPSA) is 74.3 Å². The van der Waals surface area contributed by atoms with Crippen molar-refractivity contribution in [2.45, 2.75) is 69.5 Å². The van der Waals surface area contributed by atoms with Crippen molar-refractivity contribution in [1.29, 1.82) is 0 Å². The molecule has 6 nitrogen and oxygen atoms in total. The van der Waals surface area contributed by atoms with Gasteiger partial charge in [-0.05, 0) is 76.1 Å². The lowest BCUT2D eigenvalue weighted by atomic mass is 10.1. The molecule has 1 saturated carbocycles. The van der Waals surface area contributed by atoms with Gasteiger partial charge in [-0.25, -0.2) is 0 Å². The molecular weight excluding hydrogens is 328 g/mol. The summed E-state index contributed by atoms with van der Waals surface area (Å²) in [4.78, 5) is 31.5. The Bertz CT molecular complexity index is 705. The molecule has 2 amide bonds. The number of likely N-dealkylation sites (N-methyl/N-ethyl adjacent to an activating group) is 1. The lowest BCUT2D eigenvalue weighted by Gasteiger charge is -2.21. The Morgan fingerprint density at radius 1 is 1.08 bits per heavy atom.